The van der Waals surface area contributed by atoms with Crippen LogP contribution in [0.5, 0.6) is 0 Å². The lowest BCUT2D eigenvalue weighted by Crippen LogP contribution is -2.21. The number of nitrogens with one attached hydrogen (secondary N) is 2. The van der Waals surface area contributed by atoms with E-state index in [-0.39, 0.29) is 6.03 Å². The first kappa shape index (κ1) is 21.4. The molecule has 2 amide bonds. The zero-order chi connectivity index (χ0) is 19.8. The van der Waals surface area contributed by atoms with E-state index < -0.39 is 0 Å². The highest BCUT2D eigenvalue weighted by molar-refractivity contribution is 7.13. The minimum Gasteiger partial charge on any atom is -0.307 e. The summed E-state index contributed by atoms with van der Waals surface area (Å²) in [5.41, 5.74) is 4.31. The maximum atomic E-state index is 12.6. The van der Waals surface area contributed by atoms with Crippen molar-refractivity contribution >= 4 is 28.2 Å². The molecule has 0 radical (unpaired) electrons. The van der Waals surface area contributed by atoms with E-state index in [2.05, 4.69) is 68.4 Å². The summed E-state index contributed by atoms with van der Waals surface area (Å²) in [6, 6.07) is 6.02. The van der Waals surface area contributed by atoms with Gasteiger partial charge in [0, 0.05) is 11.1 Å². The Kier molecular flexibility index (Phi) is 8.29. The van der Waals surface area contributed by atoms with Gasteiger partial charge in [0.05, 0.1) is 5.69 Å². The standard InChI is InChI=1S/C22H33N3OS/c1-6-7-8-9-11-17-14-27-22(23-17)25-21(26)24-20-18(15(2)3)12-10-13-19(20)16(4)5/h10,12-16H,6-9,11H2,1-5H3,(H2,23,24,25,26). The Bertz CT molecular complexity index is 711. The number of unbranched alkanes of at least 4 members (excludes halogenated alkanes) is 3. The number of hydrogen-bond donors (Lipinski definition) is 2. The summed E-state index contributed by atoms with van der Waals surface area (Å²) < 4.78 is 0. The Morgan fingerprint density at radius 3 is 2.30 bits per heavy atom. The zero-order valence-electron chi connectivity index (χ0n) is 17.3. The summed E-state index contributed by atoms with van der Waals surface area (Å²) in [7, 11) is 0. The van der Waals surface area contributed by atoms with Gasteiger partial charge in [0.15, 0.2) is 5.13 Å². The van der Waals surface area contributed by atoms with Crippen molar-refractivity contribution in [1.82, 2.24) is 4.98 Å². The molecule has 27 heavy (non-hydrogen) atoms. The highest BCUT2D eigenvalue weighted by atomic mass is 32.1. The number of carbonyl (C=O) groups is 1. The molecule has 4 nitrogen and oxygen atoms in total. The summed E-state index contributed by atoms with van der Waals surface area (Å²) in [6.07, 6.45) is 5.88. The largest absolute Gasteiger partial charge is 0.325 e. The molecule has 1 heterocycles. The monoisotopic (exact) mass is 387 g/mol. The van der Waals surface area contributed by atoms with E-state index >= 15 is 0 Å². The molecule has 148 valence electrons. The van der Waals surface area contributed by atoms with Gasteiger partial charge < -0.3 is 5.32 Å². The number of aromatic nitrogens is 1. The summed E-state index contributed by atoms with van der Waals surface area (Å²) >= 11 is 1.49. The van der Waals surface area contributed by atoms with Gasteiger partial charge in [0.2, 0.25) is 0 Å². The third-order valence-electron chi connectivity index (χ3n) is 4.67. The topological polar surface area (TPSA) is 54.0 Å². The second-order valence-electron chi connectivity index (χ2n) is 7.65. The molecule has 1 aromatic carbocycles. The van der Waals surface area contributed by atoms with E-state index in [1.807, 2.05) is 5.38 Å². The highest BCUT2D eigenvalue weighted by Gasteiger charge is 2.16. The first-order chi connectivity index (χ1) is 12.9. The molecular weight excluding hydrogens is 354 g/mol. The zero-order valence-corrected chi connectivity index (χ0v) is 18.1. The first-order valence-corrected chi connectivity index (χ1v) is 11.0. The maximum absolute atomic E-state index is 12.6. The molecule has 5 heteroatoms. The molecule has 2 N–H and O–H groups in total. The van der Waals surface area contributed by atoms with Crippen molar-refractivity contribution in [3.8, 4) is 0 Å². The van der Waals surface area contributed by atoms with Crippen molar-refractivity contribution in [1.29, 1.82) is 0 Å². The Morgan fingerprint density at radius 2 is 1.70 bits per heavy atom. The summed E-state index contributed by atoms with van der Waals surface area (Å²) in [5, 5.41) is 8.68. The Hall–Kier alpha value is -1.88. The van der Waals surface area contributed by atoms with E-state index in [9.17, 15) is 4.79 Å². The van der Waals surface area contributed by atoms with Crippen LogP contribution >= 0.6 is 11.3 Å². The van der Waals surface area contributed by atoms with Crippen molar-refractivity contribution in [3.05, 3.63) is 40.4 Å². The van der Waals surface area contributed by atoms with Gasteiger partial charge in [0.25, 0.3) is 0 Å². The number of benzene rings is 1. The molecule has 2 aromatic rings. The van der Waals surface area contributed by atoms with Crippen molar-refractivity contribution in [2.75, 3.05) is 10.6 Å². The van der Waals surface area contributed by atoms with Crippen LogP contribution in [0, 0.1) is 0 Å². The molecule has 0 spiro atoms. The molecule has 1 aromatic heterocycles. The van der Waals surface area contributed by atoms with Gasteiger partial charge in [-0.2, -0.15) is 0 Å². The number of para-hydroxylation sites is 1. The molecule has 0 saturated carbocycles. The number of thiazole rings is 1. The van der Waals surface area contributed by atoms with E-state index in [1.54, 1.807) is 0 Å². The van der Waals surface area contributed by atoms with Crippen LogP contribution in [0.1, 0.15) is 89.0 Å². The van der Waals surface area contributed by atoms with Crippen LogP contribution in [0.2, 0.25) is 0 Å². The fraction of sp³-hybridized carbons (Fsp3) is 0.545. The van der Waals surface area contributed by atoms with Crippen molar-refractivity contribution in [2.24, 2.45) is 0 Å². The smallest absolute Gasteiger partial charge is 0.307 e. The molecule has 0 aliphatic heterocycles. The highest BCUT2D eigenvalue weighted by Crippen LogP contribution is 2.32. The van der Waals surface area contributed by atoms with Crippen LogP contribution in [0.15, 0.2) is 23.6 Å². The quantitative estimate of drug-likeness (QED) is 0.449. The molecule has 0 unspecified atom stereocenters. The fourth-order valence-electron chi connectivity index (χ4n) is 3.15. The van der Waals surface area contributed by atoms with E-state index in [0.717, 1.165) is 35.3 Å². The second kappa shape index (κ2) is 10.5. The molecule has 0 fully saturated rings. The molecule has 0 aliphatic rings. The lowest BCUT2D eigenvalue weighted by atomic mass is 9.93. The Balaban J connectivity index is 2.03. The van der Waals surface area contributed by atoms with Crippen LogP contribution in [-0.4, -0.2) is 11.0 Å². The van der Waals surface area contributed by atoms with Gasteiger partial charge >= 0.3 is 6.03 Å². The van der Waals surface area contributed by atoms with Crippen molar-refractivity contribution in [3.63, 3.8) is 0 Å². The molecular formula is C22H33N3OS. The van der Waals surface area contributed by atoms with E-state index in [1.165, 1.54) is 30.6 Å². The number of amides is 2. The number of carbonyl (C=O) groups excluding carboxylic acids is 1. The number of nitrogens with zero attached hydrogens (tertiary/aromatic N) is 1. The number of urea groups is 1. The van der Waals surface area contributed by atoms with Crippen LogP contribution < -0.4 is 10.6 Å². The molecule has 2 rings (SSSR count). The third-order valence-corrected chi connectivity index (χ3v) is 5.48. The molecule has 0 saturated heterocycles. The van der Waals surface area contributed by atoms with Crippen LogP contribution in [0.25, 0.3) is 0 Å². The van der Waals surface area contributed by atoms with Gasteiger partial charge in [0.1, 0.15) is 0 Å². The van der Waals surface area contributed by atoms with Gasteiger partial charge in [-0.1, -0.05) is 72.1 Å². The summed E-state index contributed by atoms with van der Waals surface area (Å²) in [4.78, 5) is 17.1. The number of hydrogen-bond acceptors (Lipinski definition) is 3. The Morgan fingerprint density at radius 1 is 1.04 bits per heavy atom. The summed E-state index contributed by atoms with van der Waals surface area (Å²) in [6.45, 7) is 10.8. The minimum atomic E-state index is -0.225. The SMILES string of the molecule is CCCCCCc1csc(NC(=O)Nc2c(C(C)C)cccc2C(C)C)n1. The third kappa shape index (κ3) is 6.35. The average Bonchev–Trinajstić information content (AvgIpc) is 3.05. The van der Waals surface area contributed by atoms with Crippen LogP contribution in [0.3, 0.4) is 0 Å². The summed E-state index contributed by atoms with van der Waals surface area (Å²) in [5.74, 6) is 0.683. The van der Waals surface area contributed by atoms with Crippen molar-refractivity contribution < 1.29 is 4.79 Å². The molecule has 0 atom stereocenters. The number of rotatable bonds is 9. The predicted octanol–water partition coefficient (Wildman–Crippen LogP) is 7.16. The predicted molar refractivity (Wildman–Crippen MR) is 117 cm³/mol. The fourth-order valence-corrected chi connectivity index (χ4v) is 3.89. The van der Waals surface area contributed by atoms with Gasteiger partial charge in [-0.05, 0) is 35.8 Å². The lowest BCUT2D eigenvalue weighted by molar-refractivity contribution is 0.262. The lowest BCUT2D eigenvalue weighted by Gasteiger charge is -2.20. The minimum absolute atomic E-state index is 0.225. The van der Waals surface area contributed by atoms with E-state index in [0.29, 0.717) is 17.0 Å². The van der Waals surface area contributed by atoms with Gasteiger partial charge in [-0.25, -0.2) is 9.78 Å². The average molecular weight is 388 g/mol. The van der Waals surface area contributed by atoms with Crippen LogP contribution in [0.4, 0.5) is 15.6 Å². The molecule has 0 bridgehead atoms. The van der Waals surface area contributed by atoms with Crippen molar-refractivity contribution in [2.45, 2.75) is 78.6 Å². The maximum Gasteiger partial charge on any atom is 0.325 e. The number of anilines is 2. The molecule has 0 aliphatic carbocycles. The first-order valence-electron chi connectivity index (χ1n) is 10.1. The van der Waals surface area contributed by atoms with Crippen LogP contribution in [-0.2, 0) is 6.42 Å². The van der Waals surface area contributed by atoms with Gasteiger partial charge in [-0.15, -0.1) is 11.3 Å². The normalized spacial score (nSPS) is 11.2. The van der Waals surface area contributed by atoms with Gasteiger partial charge in [-0.3, -0.25) is 5.32 Å². The van der Waals surface area contributed by atoms with E-state index in [4.69, 9.17) is 0 Å². The Labute approximate surface area is 167 Å². The second-order valence-corrected chi connectivity index (χ2v) is 8.51. The number of aryl methyl sites for hydroxylation is 1.